The molecule has 2 fully saturated rings. The molecule has 0 bridgehead atoms. The molecule has 0 spiro atoms. The first-order valence-corrected chi connectivity index (χ1v) is 7.44. The molecule has 2 N–H and O–H groups in total. The molecule has 1 atom stereocenters. The fraction of sp³-hybridized carbons (Fsp3) is 0.562. The van der Waals surface area contributed by atoms with Gasteiger partial charge in [0, 0.05) is 18.2 Å². The lowest BCUT2D eigenvalue weighted by Gasteiger charge is -2.26. The predicted octanol–water partition coefficient (Wildman–Crippen LogP) is 2.44. The Labute approximate surface area is 114 Å². The quantitative estimate of drug-likeness (QED) is 0.874. The third-order valence-corrected chi connectivity index (χ3v) is 4.38. The topological polar surface area (TPSA) is 41.1 Å². The van der Waals surface area contributed by atoms with Crippen molar-refractivity contribution >= 4 is 5.91 Å². The minimum atomic E-state index is 0.0815. The number of nitrogens with one attached hydrogen (secondary N) is 2. The molecule has 102 valence electrons. The van der Waals surface area contributed by atoms with Gasteiger partial charge in [-0.05, 0) is 62.3 Å². The first-order chi connectivity index (χ1) is 9.33. The smallest absolute Gasteiger partial charge is 0.251 e. The van der Waals surface area contributed by atoms with Crippen molar-refractivity contribution in [3.05, 3.63) is 35.4 Å². The molecule has 1 saturated carbocycles. The van der Waals surface area contributed by atoms with Crippen LogP contribution in [0.4, 0.5) is 0 Å². The maximum absolute atomic E-state index is 12.0. The van der Waals surface area contributed by atoms with Crippen molar-refractivity contribution in [1.82, 2.24) is 10.6 Å². The van der Waals surface area contributed by atoms with Crippen LogP contribution in [0, 0.1) is 0 Å². The second kappa shape index (κ2) is 5.74. The average molecular weight is 258 g/mol. The standard InChI is InChI=1S/C16H22N2O/c19-16(18-15-4-1-5-15)13-8-6-12(7-9-13)14-3-2-10-17-11-14/h6-9,14-15,17H,1-5,10-11H2,(H,18,19)/t14-/m0/s1. The molecule has 2 aliphatic rings. The molecule has 3 rings (SSSR count). The van der Waals surface area contributed by atoms with E-state index in [-0.39, 0.29) is 5.91 Å². The molecule has 1 aromatic rings. The number of piperidine rings is 1. The van der Waals surface area contributed by atoms with Crippen LogP contribution in [0.1, 0.15) is 53.9 Å². The average Bonchev–Trinajstić information content (AvgIpc) is 2.44. The Hall–Kier alpha value is -1.35. The zero-order chi connectivity index (χ0) is 13.1. The fourth-order valence-electron chi connectivity index (χ4n) is 2.86. The molecule has 1 aliphatic carbocycles. The first kappa shape index (κ1) is 12.7. The van der Waals surface area contributed by atoms with Gasteiger partial charge in [0.2, 0.25) is 0 Å². The summed E-state index contributed by atoms with van der Waals surface area (Å²) < 4.78 is 0. The number of carbonyl (C=O) groups excluding carboxylic acids is 1. The highest BCUT2D eigenvalue weighted by Crippen LogP contribution is 2.23. The van der Waals surface area contributed by atoms with Crippen molar-refractivity contribution < 1.29 is 4.79 Å². The summed E-state index contributed by atoms with van der Waals surface area (Å²) in [6.07, 6.45) is 6.02. The van der Waals surface area contributed by atoms with E-state index < -0.39 is 0 Å². The predicted molar refractivity (Wildman–Crippen MR) is 76.4 cm³/mol. The lowest BCUT2D eigenvalue weighted by molar-refractivity contribution is 0.0917. The van der Waals surface area contributed by atoms with Gasteiger partial charge in [-0.2, -0.15) is 0 Å². The van der Waals surface area contributed by atoms with Gasteiger partial charge >= 0.3 is 0 Å². The minimum absolute atomic E-state index is 0.0815. The number of hydrogen-bond acceptors (Lipinski definition) is 2. The number of hydrogen-bond donors (Lipinski definition) is 2. The molecule has 1 aliphatic heterocycles. The second-order valence-electron chi connectivity index (χ2n) is 5.77. The Kier molecular flexibility index (Phi) is 3.83. The van der Waals surface area contributed by atoms with Gasteiger partial charge in [0.1, 0.15) is 0 Å². The SMILES string of the molecule is O=C(NC1CCC1)c1ccc([C@H]2CCCNC2)cc1. The van der Waals surface area contributed by atoms with Gasteiger partial charge in [0.05, 0.1) is 0 Å². The molecule has 1 saturated heterocycles. The second-order valence-corrected chi connectivity index (χ2v) is 5.77. The third-order valence-electron chi connectivity index (χ3n) is 4.38. The van der Waals surface area contributed by atoms with Gasteiger partial charge in [-0.25, -0.2) is 0 Å². The molecule has 1 heterocycles. The van der Waals surface area contributed by atoms with E-state index >= 15 is 0 Å². The van der Waals surface area contributed by atoms with Crippen LogP contribution in [-0.4, -0.2) is 25.0 Å². The summed E-state index contributed by atoms with van der Waals surface area (Å²) in [6.45, 7) is 2.20. The summed E-state index contributed by atoms with van der Waals surface area (Å²) in [7, 11) is 0. The van der Waals surface area contributed by atoms with E-state index in [1.54, 1.807) is 0 Å². The van der Waals surface area contributed by atoms with E-state index in [4.69, 9.17) is 0 Å². The van der Waals surface area contributed by atoms with Crippen LogP contribution in [0.15, 0.2) is 24.3 Å². The minimum Gasteiger partial charge on any atom is -0.349 e. The number of amides is 1. The highest BCUT2D eigenvalue weighted by molar-refractivity contribution is 5.94. The molecule has 3 heteroatoms. The maximum atomic E-state index is 12.0. The monoisotopic (exact) mass is 258 g/mol. The van der Waals surface area contributed by atoms with Crippen LogP contribution in [0.5, 0.6) is 0 Å². The lowest BCUT2D eigenvalue weighted by Crippen LogP contribution is -2.39. The van der Waals surface area contributed by atoms with Crippen molar-refractivity contribution in [3.63, 3.8) is 0 Å². The van der Waals surface area contributed by atoms with Gasteiger partial charge in [0.25, 0.3) is 5.91 Å². The van der Waals surface area contributed by atoms with E-state index in [0.29, 0.717) is 12.0 Å². The largest absolute Gasteiger partial charge is 0.349 e. The van der Waals surface area contributed by atoms with Crippen LogP contribution >= 0.6 is 0 Å². The van der Waals surface area contributed by atoms with Crippen LogP contribution in [-0.2, 0) is 0 Å². The maximum Gasteiger partial charge on any atom is 0.251 e. The van der Waals surface area contributed by atoms with Crippen molar-refractivity contribution in [2.75, 3.05) is 13.1 Å². The van der Waals surface area contributed by atoms with Crippen LogP contribution in [0.3, 0.4) is 0 Å². The summed E-state index contributed by atoms with van der Waals surface area (Å²) in [5, 5.41) is 6.51. The zero-order valence-corrected chi connectivity index (χ0v) is 11.3. The highest BCUT2D eigenvalue weighted by atomic mass is 16.1. The lowest BCUT2D eigenvalue weighted by atomic mass is 9.90. The van der Waals surface area contributed by atoms with Gasteiger partial charge in [-0.3, -0.25) is 4.79 Å². The van der Waals surface area contributed by atoms with Gasteiger partial charge in [-0.1, -0.05) is 12.1 Å². The molecule has 1 aromatic carbocycles. The van der Waals surface area contributed by atoms with E-state index in [1.165, 1.54) is 24.8 Å². The highest BCUT2D eigenvalue weighted by Gasteiger charge is 2.20. The first-order valence-electron chi connectivity index (χ1n) is 7.44. The Morgan fingerprint density at radius 2 is 1.89 bits per heavy atom. The summed E-state index contributed by atoms with van der Waals surface area (Å²) in [5.41, 5.74) is 2.15. The summed E-state index contributed by atoms with van der Waals surface area (Å²) in [6, 6.07) is 8.59. The number of rotatable bonds is 3. The fourth-order valence-corrected chi connectivity index (χ4v) is 2.86. The Bertz CT molecular complexity index is 431. The molecule has 0 aromatic heterocycles. The summed E-state index contributed by atoms with van der Waals surface area (Å²) >= 11 is 0. The van der Waals surface area contributed by atoms with Crippen molar-refractivity contribution in [2.45, 2.75) is 44.1 Å². The van der Waals surface area contributed by atoms with Gasteiger partial charge in [0.15, 0.2) is 0 Å². The van der Waals surface area contributed by atoms with E-state index in [1.807, 2.05) is 12.1 Å². The van der Waals surface area contributed by atoms with E-state index in [0.717, 1.165) is 31.5 Å². The van der Waals surface area contributed by atoms with Crippen LogP contribution < -0.4 is 10.6 Å². The molecular weight excluding hydrogens is 236 g/mol. The molecular formula is C16H22N2O. The van der Waals surface area contributed by atoms with E-state index in [9.17, 15) is 4.79 Å². The van der Waals surface area contributed by atoms with Crippen LogP contribution in [0.25, 0.3) is 0 Å². The Morgan fingerprint density at radius 3 is 2.47 bits per heavy atom. The molecule has 0 radical (unpaired) electrons. The van der Waals surface area contributed by atoms with E-state index in [2.05, 4.69) is 22.8 Å². The Balaban J connectivity index is 1.62. The zero-order valence-electron chi connectivity index (χ0n) is 11.3. The van der Waals surface area contributed by atoms with Crippen LogP contribution in [0.2, 0.25) is 0 Å². The molecule has 19 heavy (non-hydrogen) atoms. The van der Waals surface area contributed by atoms with Gasteiger partial charge < -0.3 is 10.6 Å². The molecule has 1 amide bonds. The van der Waals surface area contributed by atoms with Crippen molar-refractivity contribution in [2.24, 2.45) is 0 Å². The Morgan fingerprint density at radius 1 is 1.11 bits per heavy atom. The summed E-state index contributed by atoms with van der Waals surface area (Å²) in [4.78, 5) is 12.0. The normalized spacial score (nSPS) is 23.7. The number of benzene rings is 1. The third kappa shape index (κ3) is 2.98. The summed E-state index contributed by atoms with van der Waals surface area (Å²) in [5.74, 6) is 0.690. The van der Waals surface area contributed by atoms with Gasteiger partial charge in [-0.15, -0.1) is 0 Å². The molecule has 0 unspecified atom stereocenters. The van der Waals surface area contributed by atoms with Crippen molar-refractivity contribution in [3.8, 4) is 0 Å². The molecule has 3 nitrogen and oxygen atoms in total. The number of carbonyl (C=O) groups is 1. The van der Waals surface area contributed by atoms with Crippen molar-refractivity contribution in [1.29, 1.82) is 0 Å².